The molecule has 142 valence electrons. The molecule has 8 heteroatoms. The van der Waals surface area contributed by atoms with Crippen LogP contribution in [-0.2, 0) is 0 Å². The Hall–Kier alpha value is -2.77. The van der Waals surface area contributed by atoms with Gasteiger partial charge in [0.05, 0.1) is 11.0 Å². The third kappa shape index (κ3) is 5.94. The number of nitrogens with zero attached hydrogens (tertiary/aromatic N) is 3. The zero-order valence-electron chi connectivity index (χ0n) is 15.5. The van der Waals surface area contributed by atoms with E-state index in [9.17, 15) is 0 Å². The van der Waals surface area contributed by atoms with Gasteiger partial charge >= 0.3 is 0 Å². The van der Waals surface area contributed by atoms with Gasteiger partial charge in [-0.25, -0.2) is 4.98 Å². The number of nitrogens with two attached hydrogens (primary N) is 3. The van der Waals surface area contributed by atoms with Gasteiger partial charge in [0.25, 0.3) is 0 Å². The van der Waals surface area contributed by atoms with Crippen molar-refractivity contribution < 1.29 is 0 Å². The molecule has 0 spiro atoms. The van der Waals surface area contributed by atoms with Crippen LogP contribution in [0.15, 0.2) is 23.2 Å². The first kappa shape index (κ1) is 19.6. The van der Waals surface area contributed by atoms with Crippen molar-refractivity contribution in [3.8, 4) is 0 Å². The van der Waals surface area contributed by atoms with Crippen LogP contribution in [0.4, 0.5) is 5.95 Å². The Morgan fingerprint density at radius 2 is 1.81 bits per heavy atom. The molecule has 2 rings (SSSR count). The zero-order chi connectivity index (χ0) is 18.9. The van der Waals surface area contributed by atoms with Crippen molar-refractivity contribution in [2.75, 3.05) is 18.0 Å². The van der Waals surface area contributed by atoms with E-state index in [1.54, 1.807) is 4.90 Å². The molecule has 0 fully saturated rings. The summed E-state index contributed by atoms with van der Waals surface area (Å²) in [4.78, 5) is 13.5. The third-order valence-electron chi connectivity index (χ3n) is 4.26. The maximum Gasteiger partial charge on any atom is 0.210 e. The van der Waals surface area contributed by atoms with Gasteiger partial charge in [0.1, 0.15) is 0 Å². The number of anilines is 1. The quantitative estimate of drug-likeness (QED) is 0.251. The molecule has 0 aliphatic heterocycles. The van der Waals surface area contributed by atoms with Crippen LogP contribution in [-0.4, -0.2) is 35.0 Å². The van der Waals surface area contributed by atoms with Crippen LogP contribution in [0.3, 0.4) is 0 Å². The number of rotatable bonds is 10. The predicted octanol–water partition coefficient (Wildman–Crippen LogP) is 2.19. The standard InChI is InChI=1S/C18H30N8/c1-13-8-9-14-15(12-13)25-18(24-14)26(17(21)22)11-7-5-3-2-4-6-10-23-16(19)20/h8-9,12H,2-7,10-11H2,1H3,(H3,21,22)(H,24,25)(H4,19,20,23). The number of aromatic amines is 1. The highest BCUT2D eigenvalue weighted by Crippen LogP contribution is 2.19. The number of hydrogen-bond acceptors (Lipinski definition) is 3. The molecule has 0 atom stereocenters. The number of benzene rings is 1. The molecule has 0 unspecified atom stereocenters. The number of imidazole rings is 1. The molecule has 8 N–H and O–H groups in total. The van der Waals surface area contributed by atoms with E-state index in [1.807, 2.05) is 25.1 Å². The van der Waals surface area contributed by atoms with Crippen LogP contribution in [0.5, 0.6) is 0 Å². The summed E-state index contributed by atoms with van der Waals surface area (Å²) in [6.45, 7) is 3.42. The Balaban J connectivity index is 1.76. The van der Waals surface area contributed by atoms with E-state index >= 15 is 0 Å². The second-order valence-corrected chi connectivity index (χ2v) is 6.55. The fraction of sp³-hybridized carbons (Fsp3) is 0.500. The lowest BCUT2D eigenvalue weighted by atomic mass is 10.1. The minimum atomic E-state index is 0.0120. The van der Waals surface area contributed by atoms with E-state index < -0.39 is 0 Å². The number of hydrogen-bond donors (Lipinski definition) is 5. The van der Waals surface area contributed by atoms with Crippen LogP contribution in [0.25, 0.3) is 11.0 Å². The number of aliphatic imine (C=N–C) groups is 1. The summed E-state index contributed by atoms with van der Waals surface area (Å²) in [6.07, 6.45) is 6.48. The average molecular weight is 358 g/mol. The largest absolute Gasteiger partial charge is 0.370 e. The molecule has 0 aliphatic rings. The summed E-state index contributed by atoms with van der Waals surface area (Å²) in [5.41, 5.74) is 19.4. The summed E-state index contributed by atoms with van der Waals surface area (Å²) < 4.78 is 0. The first-order valence-electron chi connectivity index (χ1n) is 9.10. The Morgan fingerprint density at radius 3 is 2.50 bits per heavy atom. The molecule has 0 saturated heterocycles. The van der Waals surface area contributed by atoms with Crippen LogP contribution in [0, 0.1) is 12.3 Å². The molecule has 1 aromatic carbocycles. The maximum absolute atomic E-state index is 7.84. The average Bonchev–Trinajstić information content (AvgIpc) is 2.98. The molecule has 2 aromatic rings. The highest BCUT2D eigenvalue weighted by Gasteiger charge is 2.14. The number of fused-ring (bicyclic) bond motifs is 1. The second-order valence-electron chi connectivity index (χ2n) is 6.55. The van der Waals surface area contributed by atoms with Crippen molar-refractivity contribution in [3.05, 3.63) is 23.8 Å². The minimum Gasteiger partial charge on any atom is -0.370 e. The fourth-order valence-electron chi connectivity index (χ4n) is 2.88. The smallest absolute Gasteiger partial charge is 0.210 e. The van der Waals surface area contributed by atoms with Gasteiger partial charge in [0.15, 0.2) is 11.9 Å². The SMILES string of the molecule is Cc1ccc2nc(N(CCCCCCCCN=C(N)N)C(=N)N)[nH]c2c1. The molecular formula is C18H30N8. The van der Waals surface area contributed by atoms with Gasteiger partial charge in [-0.1, -0.05) is 31.7 Å². The van der Waals surface area contributed by atoms with Crippen LogP contribution in [0.1, 0.15) is 44.1 Å². The van der Waals surface area contributed by atoms with E-state index in [2.05, 4.69) is 15.0 Å². The number of unbranched alkanes of at least 4 members (excludes halogenated alkanes) is 5. The van der Waals surface area contributed by atoms with Crippen molar-refractivity contribution in [2.24, 2.45) is 22.2 Å². The molecule has 1 aromatic heterocycles. The first-order valence-corrected chi connectivity index (χ1v) is 9.10. The number of aryl methyl sites for hydroxylation is 1. The second kappa shape index (κ2) is 9.65. The minimum absolute atomic E-state index is 0.0120. The van der Waals surface area contributed by atoms with Gasteiger partial charge in [-0.15, -0.1) is 0 Å². The molecule has 0 saturated carbocycles. The zero-order valence-corrected chi connectivity index (χ0v) is 15.5. The molecular weight excluding hydrogens is 328 g/mol. The Morgan fingerprint density at radius 1 is 1.12 bits per heavy atom. The van der Waals surface area contributed by atoms with E-state index in [0.717, 1.165) is 49.6 Å². The normalized spacial score (nSPS) is 10.8. The molecule has 0 bridgehead atoms. The van der Waals surface area contributed by atoms with E-state index in [-0.39, 0.29) is 11.9 Å². The van der Waals surface area contributed by atoms with Gasteiger partial charge in [-0.2, -0.15) is 0 Å². The summed E-state index contributed by atoms with van der Waals surface area (Å²) in [5.74, 6) is 0.809. The lowest BCUT2D eigenvalue weighted by Gasteiger charge is -2.19. The summed E-state index contributed by atoms with van der Waals surface area (Å²) in [7, 11) is 0. The molecule has 0 aliphatic carbocycles. The van der Waals surface area contributed by atoms with Crippen LogP contribution >= 0.6 is 0 Å². The topological polar surface area (TPSA) is 146 Å². The lowest BCUT2D eigenvalue weighted by Crippen LogP contribution is -2.38. The fourth-order valence-corrected chi connectivity index (χ4v) is 2.88. The molecule has 1 heterocycles. The van der Waals surface area contributed by atoms with E-state index in [4.69, 9.17) is 22.6 Å². The summed E-state index contributed by atoms with van der Waals surface area (Å²) in [6, 6.07) is 6.05. The highest BCUT2D eigenvalue weighted by molar-refractivity contribution is 5.92. The first-order chi connectivity index (χ1) is 12.5. The van der Waals surface area contributed by atoms with Gasteiger partial charge in [-0.05, 0) is 37.5 Å². The highest BCUT2D eigenvalue weighted by atomic mass is 15.3. The van der Waals surface area contributed by atoms with Gasteiger partial charge in [-0.3, -0.25) is 15.3 Å². The van der Waals surface area contributed by atoms with Crippen molar-refractivity contribution in [3.63, 3.8) is 0 Å². The molecule has 8 nitrogen and oxygen atoms in total. The van der Waals surface area contributed by atoms with Gasteiger partial charge < -0.3 is 22.2 Å². The maximum atomic E-state index is 7.84. The van der Waals surface area contributed by atoms with E-state index in [0.29, 0.717) is 19.0 Å². The van der Waals surface area contributed by atoms with Crippen molar-refractivity contribution in [1.29, 1.82) is 5.41 Å². The van der Waals surface area contributed by atoms with Gasteiger partial charge in [0.2, 0.25) is 5.95 Å². The van der Waals surface area contributed by atoms with Crippen molar-refractivity contribution >= 4 is 28.9 Å². The lowest BCUT2D eigenvalue weighted by molar-refractivity contribution is 0.599. The van der Waals surface area contributed by atoms with E-state index in [1.165, 1.54) is 5.56 Å². The van der Waals surface area contributed by atoms with Crippen molar-refractivity contribution in [2.45, 2.75) is 45.4 Å². The van der Waals surface area contributed by atoms with Gasteiger partial charge in [0, 0.05) is 13.1 Å². The van der Waals surface area contributed by atoms with Crippen molar-refractivity contribution in [1.82, 2.24) is 9.97 Å². The predicted molar refractivity (Wildman–Crippen MR) is 108 cm³/mol. The van der Waals surface area contributed by atoms with Crippen LogP contribution < -0.4 is 22.1 Å². The molecule has 0 amide bonds. The monoisotopic (exact) mass is 358 g/mol. The molecule has 0 radical (unpaired) electrons. The van der Waals surface area contributed by atoms with Crippen LogP contribution in [0.2, 0.25) is 0 Å². The number of guanidine groups is 2. The third-order valence-corrected chi connectivity index (χ3v) is 4.26. The molecule has 26 heavy (non-hydrogen) atoms. The Kier molecular flexibility index (Phi) is 7.25. The Labute approximate surface area is 154 Å². The Bertz CT molecular complexity index is 745. The number of nitrogens with one attached hydrogen (secondary N) is 2. The number of aromatic nitrogens is 2. The summed E-state index contributed by atoms with van der Waals surface area (Å²) >= 11 is 0. The summed E-state index contributed by atoms with van der Waals surface area (Å²) in [5, 5.41) is 7.84. The number of H-pyrrole nitrogens is 1.